The summed E-state index contributed by atoms with van der Waals surface area (Å²) < 4.78 is 5.49. The van der Waals surface area contributed by atoms with Crippen LogP contribution in [0.2, 0.25) is 0 Å². The van der Waals surface area contributed by atoms with Gasteiger partial charge in [0.15, 0.2) is 0 Å². The van der Waals surface area contributed by atoms with Gasteiger partial charge in [-0.3, -0.25) is 4.79 Å². The largest absolute Gasteiger partial charge is 0.491 e. The van der Waals surface area contributed by atoms with Crippen molar-refractivity contribution in [1.82, 2.24) is 5.32 Å². The number of carbonyl (C=O) groups excluding carboxylic acids is 1. The maximum Gasteiger partial charge on any atom is 0.223 e. The van der Waals surface area contributed by atoms with Crippen LogP contribution in [-0.2, 0) is 4.79 Å². The number of hydrogen-bond donors (Lipinski definition) is 2. The van der Waals surface area contributed by atoms with Crippen molar-refractivity contribution in [2.45, 2.75) is 32.1 Å². The number of nitrogens with two attached hydrogens (primary N) is 1. The average Bonchev–Trinajstić information content (AvgIpc) is 2.92. The summed E-state index contributed by atoms with van der Waals surface area (Å²) in [5, 5.41) is 2.98. The van der Waals surface area contributed by atoms with Gasteiger partial charge < -0.3 is 15.8 Å². The second kappa shape index (κ2) is 7.02. The first kappa shape index (κ1) is 13.7. The molecule has 0 unspecified atom stereocenters. The van der Waals surface area contributed by atoms with Crippen LogP contribution in [0.25, 0.3) is 0 Å². The molecule has 1 saturated carbocycles. The van der Waals surface area contributed by atoms with E-state index >= 15 is 0 Å². The van der Waals surface area contributed by atoms with E-state index in [4.69, 9.17) is 10.5 Å². The van der Waals surface area contributed by atoms with E-state index in [1.54, 1.807) is 6.07 Å². The molecule has 0 aliphatic heterocycles. The molecule has 1 fully saturated rings. The van der Waals surface area contributed by atoms with Crippen LogP contribution in [0.5, 0.6) is 5.75 Å². The third-order valence-corrected chi connectivity index (χ3v) is 3.57. The van der Waals surface area contributed by atoms with Gasteiger partial charge >= 0.3 is 0 Å². The molecule has 3 N–H and O–H groups in total. The first-order valence-electron chi connectivity index (χ1n) is 6.99. The van der Waals surface area contributed by atoms with Crippen LogP contribution >= 0.6 is 0 Å². The van der Waals surface area contributed by atoms with Gasteiger partial charge in [-0.05, 0) is 30.9 Å². The second-order valence-electron chi connectivity index (χ2n) is 5.09. The van der Waals surface area contributed by atoms with Gasteiger partial charge in [0.25, 0.3) is 0 Å². The number of anilines is 1. The summed E-state index contributed by atoms with van der Waals surface area (Å²) in [6.07, 6.45) is 5.48. The zero-order chi connectivity index (χ0) is 13.5. The van der Waals surface area contributed by atoms with Crippen molar-refractivity contribution in [3.63, 3.8) is 0 Å². The summed E-state index contributed by atoms with van der Waals surface area (Å²) in [5.74, 6) is 1.38. The molecule has 1 aliphatic rings. The lowest BCUT2D eigenvalue weighted by molar-refractivity contribution is -0.121. The van der Waals surface area contributed by atoms with E-state index in [1.807, 2.05) is 18.2 Å². The smallest absolute Gasteiger partial charge is 0.223 e. The molecule has 0 aromatic heterocycles. The van der Waals surface area contributed by atoms with Crippen LogP contribution in [0.4, 0.5) is 5.69 Å². The summed E-state index contributed by atoms with van der Waals surface area (Å²) in [6, 6.07) is 7.32. The lowest BCUT2D eigenvalue weighted by Gasteiger charge is -2.11. The van der Waals surface area contributed by atoms with E-state index in [0.717, 1.165) is 6.54 Å². The minimum Gasteiger partial charge on any atom is -0.491 e. The van der Waals surface area contributed by atoms with Crippen LogP contribution < -0.4 is 15.8 Å². The molecule has 4 nitrogen and oxygen atoms in total. The highest BCUT2D eigenvalue weighted by atomic mass is 16.5. The number of amides is 1. The maximum absolute atomic E-state index is 11.7. The Hall–Kier alpha value is -1.71. The SMILES string of the molecule is Nc1ccccc1OCCC(=O)NCC1CCCC1. The fourth-order valence-corrected chi connectivity index (χ4v) is 2.43. The number of rotatable bonds is 6. The lowest BCUT2D eigenvalue weighted by Crippen LogP contribution is -2.29. The zero-order valence-electron chi connectivity index (χ0n) is 11.2. The number of nitrogens with one attached hydrogen (secondary N) is 1. The predicted octanol–water partition coefficient (Wildman–Crippen LogP) is 2.34. The number of benzene rings is 1. The summed E-state index contributed by atoms with van der Waals surface area (Å²) in [6.45, 7) is 1.18. The minimum atomic E-state index is 0.0569. The summed E-state index contributed by atoms with van der Waals surface area (Å²) in [7, 11) is 0. The van der Waals surface area contributed by atoms with Gasteiger partial charge in [-0.25, -0.2) is 0 Å². The standard InChI is InChI=1S/C15H22N2O2/c16-13-7-3-4-8-14(13)19-10-9-15(18)17-11-12-5-1-2-6-12/h3-4,7-8,12H,1-2,5-6,9-11,16H2,(H,17,18). The first-order chi connectivity index (χ1) is 9.25. The predicted molar refractivity (Wildman–Crippen MR) is 75.9 cm³/mol. The number of nitrogen functional groups attached to an aromatic ring is 1. The van der Waals surface area contributed by atoms with E-state index < -0.39 is 0 Å². The van der Waals surface area contributed by atoms with Crippen molar-refractivity contribution in [2.75, 3.05) is 18.9 Å². The number of ether oxygens (including phenoxy) is 1. The fraction of sp³-hybridized carbons (Fsp3) is 0.533. The maximum atomic E-state index is 11.7. The van der Waals surface area contributed by atoms with Crippen LogP contribution in [0.15, 0.2) is 24.3 Å². The van der Waals surface area contributed by atoms with Gasteiger partial charge in [0.05, 0.1) is 18.7 Å². The number of carbonyl (C=O) groups is 1. The van der Waals surface area contributed by atoms with Gasteiger partial charge in [0, 0.05) is 6.54 Å². The van der Waals surface area contributed by atoms with Crippen molar-refractivity contribution in [3.05, 3.63) is 24.3 Å². The van der Waals surface area contributed by atoms with Gasteiger partial charge in [-0.15, -0.1) is 0 Å². The van der Waals surface area contributed by atoms with Crippen molar-refractivity contribution >= 4 is 11.6 Å². The highest BCUT2D eigenvalue weighted by Gasteiger charge is 2.15. The topological polar surface area (TPSA) is 64.3 Å². The fourth-order valence-electron chi connectivity index (χ4n) is 2.43. The molecule has 0 atom stereocenters. The van der Waals surface area contributed by atoms with E-state index in [2.05, 4.69) is 5.32 Å². The second-order valence-corrected chi connectivity index (χ2v) is 5.09. The van der Waals surface area contributed by atoms with Crippen LogP contribution in [0.1, 0.15) is 32.1 Å². The van der Waals surface area contributed by atoms with E-state index in [9.17, 15) is 4.79 Å². The first-order valence-corrected chi connectivity index (χ1v) is 6.99. The molecule has 0 radical (unpaired) electrons. The van der Waals surface area contributed by atoms with Gasteiger partial charge in [0.2, 0.25) is 5.91 Å². The molecule has 1 amide bonds. The Balaban J connectivity index is 1.62. The highest BCUT2D eigenvalue weighted by Crippen LogP contribution is 2.23. The quantitative estimate of drug-likeness (QED) is 0.773. The molecule has 0 spiro atoms. The molecule has 19 heavy (non-hydrogen) atoms. The Morgan fingerprint density at radius 1 is 1.32 bits per heavy atom. The van der Waals surface area contributed by atoms with Gasteiger partial charge in [-0.1, -0.05) is 25.0 Å². The van der Waals surface area contributed by atoms with Gasteiger partial charge in [0.1, 0.15) is 5.75 Å². The molecular formula is C15H22N2O2. The summed E-state index contributed by atoms with van der Waals surface area (Å²) in [5.41, 5.74) is 6.36. The highest BCUT2D eigenvalue weighted by molar-refractivity contribution is 5.76. The van der Waals surface area contributed by atoms with Crippen molar-refractivity contribution < 1.29 is 9.53 Å². The normalized spacial score (nSPS) is 15.4. The molecule has 2 rings (SSSR count). The molecule has 4 heteroatoms. The summed E-state index contributed by atoms with van der Waals surface area (Å²) >= 11 is 0. The molecule has 1 aliphatic carbocycles. The lowest BCUT2D eigenvalue weighted by atomic mass is 10.1. The molecule has 0 saturated heterocycles. The van der Waals surface area contributed by atoms with Crippen LogP contribution in [-0.4, -0.2) is 19.1 Å². The molecule has 0 bridgehead atoms. The number of hydrogen-bond acceptors (Lipinski definition) is 3. The molecule has 0 heterocycles. The minimum absolute atomic E-state index is 0.0569. The third kappa shape index (κ3) is 4.47. The van der Waals surface area contributed by atoms with Crippen molar-refractivity contribution in [3.8, 4) is 5.75 Å². The molecule has 1 aromatic rings. The summed E-state index contributed by atoms with van der Waals surface area (Å²) in [4.78, 5) is 11.7. The Bertz CT molecular complexity index is 414. The van der Waals surface area contributed by atoms with Crippen LogP contribution in [0.3, 0.4) is 0 Å². The monoisotopic (exact) mass is 262 g/mol. The van der Waals surface area contributed by atoms with Gasteiger partial charge in [-0.2, -0.15) is 0 Å². The van der Waals surface area contributed by atoms with E-state index in [1.165, 1.54) is 25.7 Å². The molecule has 104 valence electrons. The van der Waals surface area contributed by atoms with E-state index in [0.29, 0.717) is 30.4 Å². The Morgan fingerprint density at radius 3 is 2.79 bits per heavy atom. The zero-order valence-corrected chi connectivity index (χ0v) is 11.2. The van der Waals surface area contributed by atoms with E-state index in [-0.39, 0.29) is 5.91 Å². The Kier molecular flexibility index (Phi) is 5.07. The molecular weight excluding hydrogens is 240 g/mol. The van der Waals surface area contributed by atoms with Crippen molar-refractivity contribution in [2.24, 2.45) is 5.92 Å². The molecule has 1 aromatic carbocycles. The third-order valence-electron chi connectivity index (χ3n) is 3.57. The number of para-hydroxylation sites is 2. The average molecular weight is 262 g/mol. The Labute approximate surface area is 114 Å². The van der Waals surface area contributed by atoms with Crippen molar-refractivity contribution in [1.29, 1.82) is 0 Å². The Morgan fingerprint density at radius 2 is 2.05 bits per heavy atom. The van der Waals surface area contributed by atoms with Crippen LogP contribution in [0, 0.1) is 5.92 Å².